The number of nitriles is 1. The van der Waals surface area contributed by atoms with E-state index in [0.717, 1.165) is 0 Å². The fourth-order valence-corrected chi connectivity index (χ4v) is 1.90. The lowest BCUT2D eigenvalue weighted by Gasteiger charge is -2.01. The van der Waals surface area contributed by atoms with E-state index < -0.39 is 0 Å². The monoisotopic (exact) mass is 226 g/mol. The van der Waals surface area contributed by atoms with Crippen LogP contribution in [-0.4, -0.2) is 17.4 Å². The number of aromatic amines is 1. The minimum absolute atomic E-state index is 0.0487. The number of pyridine rings is 1. The first-order chi connectivity index (χ1) is 8.20. The molecular formula is C12H6N2O3. The Bertz CT molecular complexity index is 753. The van der Waals surface area contributed by atoms with Crippen LogP contribution in [0.5, 0.6) is 5.88 Å². The van der Waals surface area contributed by atoms with Crippen LogP contribution in [0.25, 0.3) is 10.9 Å². The zero-order valence-electron chi connectivity index (χ0n) is 8.61. The van der Waals surface area contributed by atoms with Crippen LogP contribution >= 0.6 is 0 Å². The number of nitrogens with one attached hydrogen (secondary N) is 1. The van der Waals surface area contributed by atoms with E-state index in [-0.39, 0.29) is 29.3 Å². The quantitative estimate of drug-likeness (QED) is 0.725. The van der Waals surface area contributed by atoms with E-state index >= 15 is 0 Å². The molecule has 0 fully saturated rings. The molecule has 0 atom stereocenters. The summed E-state index contributed by atoms with van der Waals surface area (Å²) in [6.07, 6.45) is 0. The van der Waals surface area contributed by atoms with Gasteiger partial charge in [-0.15, -0.1) is 0 Å². The second-order valence-electron chi connectivity index (χ2n) is 3.74. The predicted octanol–water partition coefficient (Wildman–Crippen LogP) is 0.975. The highest BCUT2D eigenvalue weighted by atomic mass is 16.5. The lowest BCUT2D eigenvalue weighted by Crippen LogP contribution is -2.13. The number of nitrogens with zero attached hydrogens (tertiary/aromatic N) is 1. The largest absolute Gasteiger partial charge is 0.470 e. The van der Waals surface area contributed by atoms with E-state index in [1.54, 1.807) is 12.1 Å². The van der Waals surface area contributed by atoms with Crippen LogP contribution in [0.1, 0.15) is 15.9 Å². The van der Waals surface area contributed by atoms with Gasteiger partial charge in [-0.1, -0.05) is 0 Å². The van der Waals surface area contributed by atoms with Crippen LogP contribution in [0.3, 0.4) is 0 Å². The molecule has 0 unspecified atom stereocenters. The van der Waals surface area contributed by atoms with Crippen molar-refractivity contribution in [1.82, 2.24) is 4.98 Å². The third kappa shape index (κ3) is 1.24. The molecule has 1 aliphatic heterocycles. The molecule has 1 aliphatic rings. The van der Waals surface area contributed by atoms with Crippen LogP contribution in [-0.2, 0) is 0 Å². The fraction of sp³-hybridized carbons (Fsp3) is 0.0833. The van der Waals surface area contributed by atoms with Crippen molar-refractivity contribution in [3.63, 3.8) is 0 Å². The average molecular weight is 226 g/mol. The topological polar surface area (TPSA) is 83.0 Å². The van der Waals surface area contributed by atoms with E-state index in [0.29, 0.717) is 16.5 Å². The molecule has 1 aromatic carbocycles. The van der Waals surface area contributed by atoms with E-state index in [1.807, 2.05) is 6.07 Å². The molecular weight excluding hydrogens is 220 g/mol. The number of ketones is 1. The minimum Gasteiger partial charge on any atom is -0.470 e. The number of H-pyrrole nitrogens is 1. The second-order valence-corrected chi connectivity index (χ2v) is 3.74. The number of Topliss-reactive ketones (excluding diaryl/α,β-unsaturated/α-hetero) is 1. The molecule has 0 spiro atoms. The van der Waals surface area contributed by atoms with Gasteiger partial charge in [0, 0.05) is 5.39 Å². The number of hydrogen-bond acceptors (Lipinski definition) is 4. The van der Waals surface area contributed by atoms with E-state index in [1.165, 1.54) is 6.07 Å². The summed E-state index contributed by atoms with van der Waals surface area (Å²) in [6.45, 7) is -0.109. The van der Waals surface area contributed by atoms with Crippen molar-refractivity contribution in [2.75, 3.05) is 6.61 Å². The molecule has 1 aromatic heterocycles. The number of fused-ring (bicyclic) bond motifs is 2. The maximum absolute atomic E-state index is 12.1. The van der Waals surface area contributed by atoms with Gasteiger partial charge in [0.25, 0.3) is 0 Å². The van der Waals surface area contributed by atoms with Crippen LogP contribution in [0.2, 0.25) is 0 Å². The summed E-state index contributed by atoms with van der Waals surface area (Å²) in [5, 5.41) is 9.11. The molecule has 0 bridgehead atoms. The Morgan fingerprint density at radius 1 is 1.35 bits per heavy atom. The molecule has 82 valence electrons. The predicted molar refractivity (Wildman–Crippen MR) is 59.1 cm³/mol. The van der Waals surface area contributed by atoms with Gasteiger partial charge in [-0.05, 0) is 18.2 Å². The molecule has 3 rings (SSSR count). The lowest BCUT2D eigenvalue weighted by atomic mass is 10.1. The second kappa shape index (κ2) is 3.19. The van der Waals surface area contributed by atoms with Crippen LogP contribution in [0, 0.1) is 11.3 Å². The third-order valence-electron chi connectivity index (χ3n) is 2.72. The highest BCUT2D eigenvalue weighted by molar-refractivity contribution is 6.04. The maximum atomic E-state index is 12.1. The van der Waals surface area contributed by atoms with Crippen LogP contribution < -0.4 is 10.2 Å². The van der Waals surface area contributed by atoms with Crippen molar-refractivity contribution in [2.45, 2.75) is 0 Å². The van der Waals surface area contributed by atoms with Gasteiger partial charge in [-0.3, -0.25) is 9.59 Å². The third-order valence-corrected chi connectivity index (χ3v) is 2.72. The Kier molecular flexibility index (Phi) is 1.80. The Morgan fingerprint density at radius 2 is 2.18 bits per heavy atom. The first-order valence-electron chi connectivity index (χ1n) is 4.97. The Morgan fingerprint density at radius 3 is 2.94 bits per heavy atom. The smallest absolute Gasteiger partial charge is 0.209 e. The SMILES string of the molecule is N#Cc1ccc2[nH]c3c(c(=O)c2c1)C(=O)CO3. The van der Waals surface area contributed by atoms with Gasteiger partial charge in [0.05, 0.1) is 17.1 Å². The number of carbonyl (C=O) groups excluding carboxylic acids is 1. The molecule has 0 aliphatic carbocycles. The Balaban J connectivity index is 2.46. The summed E-state index contributed by atoms with van der Waals surface area (Å²) >= 11 is 0. The Hall–Kier alpha value is -2.61. The van der Waals surface area contributed by atoms with Crippen molar-refractivity contribution in [2.24, 2.45) is 0 Å². The van der Waals surface area contributed by atoms with Gasteiger partial charge in [0.15, 0.2) is 6.61 Å². The van der Waals surface area contributed by atoms with Crippen molar-refractivity contribution in [3.8, 4) is 11.9 Å². The normalized spacial score (nSPS) is 13.2. The van der Waals surface area contributed by atoms with Gasteiger partial charge in [-0.2, -0.15) is 5.26 Å². The molecule has 0 saturated heterocycles. The number of ether oxygens (including phenoxy) is 1. The van der Waals surface area contributed by atoms with Crippen molar-refractivity contribution < 1.29 is 9.53 Å². The molecule has 2 aromatic rings. The molecule has 5 nitrogen and oxygen atoms in total. The van der Waals surface area contributed by atoms with Crippen LogP contribution in [0.15, 0.2) is 23.0 Å². The highest BCUT2D eigenvalue weighted by Crippen LogP contribution is 2.23. The maximum Gasteiger partial charge on any atom is 0.209 e. The van der Waals surface area contributed by atoms with Gasteiger partial charge in [-0.25, -0.2) is 0 Å². The van der Waals surface area contributed by atoms with Gasteiger partial charge >= 0.3 is 0 Å². The number of hydrogen-bond donors (Lipinski definition) is 1. The van der Waals surface area contributed by atoms with Gasteiger partial charge in [0.2, 0.25) is 17.1 Å². The first kappa shape index (κ1) is 9.60. The number of aromatic nitrogens is 1. The van der Waals surface area contributed by atoms with E-state index in [2.05, 4.69) is 4.98 Å². The Labute approximate surface area is 95.3 Å². The zero-order chi connectivity index (χ0) is 12.0. The minimum atomic E-state index is -0.381. The molecule has 0 amide bonds. The summed E-state index contributed by atoms with van der Waals surface area (Å²) in [7, 11) is 0. The van der Waals surface area contributed by atoms with Crippen molar-refractivity contribution >= 4 is 16.7 Å². The van der Waals surface area contributed by atoms with Gasteiger partial charge < -0.3 is 9.72 Å². The van der Waals surface area contributed by atoms with E-state index in [4.69, 9.17) is 10.00 Å². The van der Waals surface area contributed by atoms with Gasteiger partial charge in [0.1, 0.15) is 5.56 Å². The fourth-order valence-electron chi connectivity index (χ4n) is 1.90. The number of carbonyl (C=O) groups is 1. The lowest BCUT2D eigenvalue weighted by molar-refractivity contribution is 0.0959. The molecule has 2 heterocycles. The highest BCUT2D eigenvalue weighted by Gasteiger charge is 2.26. The number of rotatable bonds is 0. The summed E-state index contributed by atoms with van der Waals surface area (Å²) in [6, 6.07) is 6.65. The summed E-state index contributed by atoms with van der Waals surface area (Å²) < 4.78 is 5.09. The molecule has 0 radical (unpaired) electrons. The van der Waals surface area contributed by atoms with E-state index in [9.17, 15) is 9.59 Å². The summed E-state index contributed by atoms with van der Waals surface area (Å²) in [4.78, 5) is 26.4. The van der Waals surface area contributed by atoms with Crippen LogP contribution in [0.4, 0.5) is 0 Å². The molecule has 0 saturated carbocycles. The standard InChI is InChI=1S/C12H6N2O3/c13-4-6-1-2-8-7(3-6)11(16)10-9(15)5-17-12(10)14-8/h1-3H,5H2,(H,14,16). The zero-order valence-corrected chi connectivity index (χ0v) is 8.61. The summed E-state index contributed by atoms with van der Waals surface area (Å²) in [5.41, 5.74) is 0.609. The summed E-state index contributed by atoms with van der Waals surface area (Å²) in [5.74, 6) is -0.109. The number of benzene rings is 1. The van der Waals surface area contributed by atoms with Crippen molar-refractivity contribution in [3.05, 3.63) is 39.5 Å². The molecule has 17 heavy (non-hydrogen) atoms. The first-order valence-corrected chi connectivity index (χ1v) is 4.97. The molecule has 5 heteroatoms. The average Bonchev–Trinajstić information content (AvgIpc) is 2.71. The van der Waals surface area contributed by atoms with Crippen molar-refractivity contribution in [1.29, 1.82) is 5.26 Å². The molecule has 1 N–H and O–H groups in total.